The van der Waals surface area contributed by atoms with Crippen molar-refractivity contribution in [3.05, 3.63) is 29.3 Å². The molecule has 0 saturated carbocycles. The van der Waals surface area contributed by atoms with E-state index in [9.17, 15) is 4.79 Å². The molecule has 1 N–H and O–H groups in total. The van der Waals surface area contributed by atoms with E-state index in [1.54, 1.807) is 12.1 Å². The third kappa shape index (κ3) is 1.96. The number of nitrogens with zero attached hydrogens (tertiary/aromatic N) is 1. The molecule has 1 aliphatic rings. The molecule has 0 fully saturated rings. The number of rotatable bonds is 1. The maximum atomic E-state index is 11.7. The van der Waals surface area contributed by atoms with Gasteiger partial charge in [0.05, 0.1) is 18.7 Å². The van der Waals surface area contributed by atoms with Gasteiger partial charge in [-0.25, -0.2) is 4.79 Å². The summed E-state index contributed by atoms with van der Waals surface area (Å²) in [4.78, 5) is 11.7. The summed E-state index contributed by atoms with van der Waals surface area (Å²) in [5.41, 5.74) is 1.87. The first-order valence-corrected chi connectivity index (χ1v) is 5.49. The van der Waals surface area contributed by atoms with Gasteiger partial charge < -0.3 is 10.1 Å². The predicted molar refractivity (Wildman–Crippen MR) is 63.5 cm³/mol. The fourth-order valence-electron chi connectivity index (χ4n) is 2.10. The standard InChI is InChI=1S/C13H14N2O2/c1-13(12(16)17-2)6-5-10-4-3-9(8-14)7-11(10)15-13/h3-4,7,15H,5-6H2,1-2H3. The van der Waals surface area contributed by atoms with Crippen LogP contribution in [0.15, 0.2) is 18.2 Å². The van der Waals surface area contributed by atoms with Crippen molar-refractivity contribution in [2.24, 2.45) is 0 Å². The highest BCUT2D eigenvalue weighted by molar-refractivity contribution is 5.85. The van der Waals surface area contributed by atoms with E-state index in [-0.39, 0.29) is 5.97 Å². The summed E-state index contributed by atoms with van der Waals surface area (Å²) in [5, 5.41) is 12.0. The largest absolute Gasteiger partial charge is 0.467 e. The summed E-state index contributed by atoms with van der Waals surface area (Å²) in [6.45, 7) is 1.82. The minimum absolute atomic E-state index is 0.273. The van der Waals surface area contributed by atoms with Crippen LogP contribution in [0.5, 0.6) is 0 Å². The maximum Gasteiger partial charge on any atom is 0.331 e. The molecule has 1 aromatic carbocycles. The average Bonchev–Trinajstić information content (AvgIpc) is 2.36. The Hall–Kier alpha value is -2.02. The molecule has 0 spiro atoms. The predicted octanol–water partition coefficient (Wildman–Crippen LogP) is 1.85. The highest BCUT2D eigenvalue weighted by Gasteiger charge is 2.37. The van der Waals surface area contributed by atoms with Gasteiger partial charge in [-0.15, -0.1) is 0 Å². The first-order chi connectivity index (χ1) is 8.09. The normalized spacial score (nSPS) is 21.9. The van der Waals surface area contributed by atoms with Crippen molar-refractivity contribution in [3.63, 3.8) is 0 Å². The minimum atomic E-state index is -0.699. The van der Waals surface area contributed by atoms with Crippen LogP contribution in [0.1, 0.15) is 24.5 Å². The molecule has 4 heteroatoms. The number of aryl methyl sites for hydroxylation is 1. The molecule has 0 radical (unpaired) electrons. The SMILES string of the molecule is COC(=O)C1(C)CCc2ccc(C#N)cc2N1. The first kappa shape index (κ1) is 11.5. The Morgan fingerprint density at radius 1 is 1.59 bits per heavy atom. The van der Waals surface area contributed by atoms with Crippen molar-refractivity contribution >= 4 is 11.7 Å². The van der Waals surface area contributed by atoms with Gasteiger partial charge >= 0.3 is 5.97 Å². The number of nitrogens with one attached hydrogen (secondary N) is 1. The third-order valence-corrected chi connectivity index (χ3v) is 3.18. The highest BCUT2D eigenvalue weighted by atomic mass is 16.5. The number of hydrogen-bond donors (Lipinski definition) is 1. The summed E-state index contributed by atoms with van der Waals surface area (Å²) >= 11 is 0. The van der Waals surface area contributed by atoms with Crippen LogP contribution in [0.25, 0.3) is 0 Å². The lowest BCUT2D eigenvalue weighted by Crippen LogP contribution is -2.47. The van der Waals surface area contributed by atoms with E-state index in [0.717, 1.165) is 17.7 Å². The highest BCUT2D eigenvalue weighted by Crippen LogP contribution is 2.32. The lowest BCUT2D eigenvalue weighted by atomic mass is 9.87. The molecule has 17 heavy (non-hydrogen) atoms. The van der Waals surface area contributed by atoms with Crippen LogP contribution in [-0.2, 0) is 16.0 Å². The number of carbonyl (C=O) groups is 1. The molecule has 1 heterocycles. The smallest absolute Gasteiger partial charge is 0.331 e. The molecule has 0 amide bonds. The molecule has 4 nitrogen and oxygen atoms in total. The molecular weight excluding hydrogens is 216 g/mol. The van der Waals surface area contributed by atoms with Crippen LogP contribution in [0.4, 0.5) is 5.69 Å². The van der Waals surface area contributed by atoms with E-state index < -0.39 is 5.54 Å². The van der Waals surface area contributed by atoms with Crippen LogP contribution in [0, 0.1) is 11.3 Å². The first-order valence-electron chi connectivity index (χ1n) is 5.49. The molecule has 0 bridgehead atoms. The Morgan fingerprint density at radius 2 is 2.35 bits per heavy atom. The van der Waals surface area contributed by atoms with E-state index in [2.05, 4.69) is 11.4 Å². The van der Waals surface area contributed by atoms with E-state index >= 15 is 0 Å². The van der Waals surface area contributed by atoms with Gasteiger partial charge in [-0.05, 0) is 37.5 Å². The number of ether oxygens (including phenoxy) is 1. The monoisotopic (exact) mass is 230 g/mol. The summed E-state index contributed by atoms with van der Waals surface area (Å²) in [6.07, 6.45) is 1.50. The van der Waals surface area contributed by atoms with Gasteiger partial charge in [0.2, 0.25) is 0 Å². The quantitative estimate of drug-likeness (QED) is 0.748. The number of esters is 1. The Kier molecular flexibility index (Phi) is 2.76. The molecule has 1 aliphatic heterocycles. The summed E-state index contributed by atoms with van der Waals surface area (Å²) in [6, 6.07) is 7.59. The summed E-state index contributed by atoms with van der Waals surface area (Å²) < 4.78 is 4.80. The molecule has 2 rings (SSSR count). The zero-order valence-electron chi connectivity index (χ0n) is 9.91. The Morgan fingerprint density at radius 3 is 3.00 bits per heavy atom. The Bertz CT molecular complexity index is 505. The fourth-order valence-corrected chi connectivity index (χ4v) is 2.10. The van der Waals surface area contributed by atoms with Crippen molar-refractivity contribution in [2.75, 3.05) is 12.4 Å². The van der Waals surface area contributed by atoms with Crippen molar-refractivity contribution in [1.29, 1.82) is 5.26 Å². The molecule has 88 valence electrons. The van der Waals surface area contributed by atoms with E-state index in [1.165, 1.54) is 7.11 Å². The van der Waals surface area contributed by atoms with Crippen molar-refractivity contribution in [2.45, 2.75) is 25.3 Å². The van der Waals surface area contributed by atoms with Gasteiger partial charge in [-0.2, -0.15) is 5.26 Å². The number of methoxy groups -OCH3 is 1. The zero-order valence-corrected chi connectivity index (χ0v) is 9.91. The molecular formula is C13H14N2O2. The second-order valence-corrected chi connectivity index (χ2v) is 4.43. The zero-order chi connectivity index (χ0) is 12.5. The summed E-state index contributed by atoms with van der Waals surface area (Å²) in [7, 11) is 1.39. The molecule has 0 saturated heterocycles. The minimum Gasteiger partial charge on any atom is -0.467 e. The number of benzene rings is 1. The van der Waals surface area contributed by atoms with Gasteiger partial charge in [0.15, 0.2) is 0 Å². The van der Waals surface area contributed by atoms with Crippen LogP contribution >= 0.6 is 0 Å². The van der Waals surface area contributed by atoms with E-state index in [0.29, 0.717) is 12.0 Å². The lowest BCUT2D eigenvalue weighted by Gasteiger charge is -2.34. The number of carbonyl (C=O) groups excluding carboxylic acids is 1. The maximum absolute atomic E-state index is 11.7. The van der Waals surface area contributed by atoms with E-state index in [1.807, 2.05) is 13.0 Å². The summed E-state index contributed by atoms with van der Waals surface area (Å²) in [5.74, 6) is -0.273. The van der Waals surface area contributed by atoms with Crippen molar-refractivity contribution < 1.29 is 9.53 Å². The topological polar surface area (TPSA) is 62.1 Å². The van der Waals surface area contributed by atoms with Gasteiger partial charge in [-0.3, -0.25) is 0 Å². The van der Waals surface area contributed by atoms with Crippen molar-refractivity contribution in [3.8, 4) is 6.07 Å². The Labute approximate surface area is 100 Å². The van der Waals surface area contributed by atoms with Crippen LogP contribution < -0.4 is 5.32 Å². The van der Waals surface area contributed by atoms with E-state index in [4.69, 9.17) is 10.00 Å². The number of nitriles is 1. The van der Waals surface area contributed by atoms with Gasteiger partial charge in [0.1, 0.15) is 5.54 Å². The molecule has 0 aliphatic carbocycles. The Balaban J connectivity index is 2.35. The number of fused-ring (bicyclic) bond motifs is 1. The van der Waals surface area contributed by atoms with Crippen molar-refractivity contribution in [1.82, 2.24) is 0 Å². The average molecular weight is 230 g/mol. The van der Waals surface area contributed by atoms with Gasteiger partial charge in [0.25, 0.3) is 0 Å². The third-order valence-electron chi connectivity index (χ3n) is 3.18. The van der Waals surface area contributed by atoms with Crippen LogP contribution in [-0.4, -0.2) is 18.6 Å². The molecule has 1 unspecified atom stereocenters. The van der Waals surface area contributed by atoms with Gasteiger partial charge in [-0.1, -0.05) is 6.07 Å². The van der Waals surface area contributed by atoms with Crippen LogP contribution in [0.2, 0.25) is 0 Å². The van der Waals surface area contributed by atoms with Crippen LogP contribution in [0.3, 0.4) is 0 Å². The lowest BCUT2D eigenvalue weighted by molar-refractivity contribution is -0.145. The van der Waals surface area contributed by atoms with Gasteiger partial charge in [0, 0.05) is 5.69 Å². The second-order valence-electron chi connectivity index (χ2n) is 4.43. The second kappa shape index (κ2) is 4.10. The number of anilines is 1. The molecule has 1 atom stereocenters. The molecule has 0 aromatic heterocycles. The fraction of sp³-hybridized carbons (Fsp3) is 0.385. The molecule has 1 aromatic rings. The number of hydrogen-bond acceptors (Lipinski definition) is 4.